The van der Waals surface area contributed by atoms with Crippen LogP contribution in [0.1, 0.15) is 71.6 Å². The fourth-order valence-electron chi connectivity index (χ4n) is 2.60. The summed E-state index contributed by atoms with van der Waals surface area (Å²) >= 11 is 0. The minimum absolute atomic E-state index is 0.0584. The minimum atomic E-state index is -0.916. The molecule has 0 aromatic heterocycles. The van der Waals surface area contributed by atoms with Crippen LogP contribution in [0.4, 0.5) is 0 Å². The zero-order valence-electron chi connectivity index (χ0n) is 13.1. The number of hydrogen-bond donors (Lipinski definition) is 2. The van der Waals surface area contributed by atoms with Gasteiger partial charge in [0.05, 0.1) is 12.2 Å². The van der Waals surface area contributed by atoms with Crippen molar-refractivity contribution in [1.82, 2.24) is 0 Å². The molecular weight excluding hydrogens is 256 g/mol. The largest absolute Gasteiger partial charge is 0.390 e. The van der Waals surface area contributed by atoms with Gasteiger partial charge in [0.2, 0.25) is 0 Å². The van der Waals surface area contributed by atoms with Crippen LogP contribution >= 0.6 is 0 Å². The molecule has 4 heteroatoms. The lowest BCUT2D eigenvalue weighted by Crippen LogP contribution is -2.48. The van der Waals surface area contributed by atoms with E-state index in [4.69, 9.17) is 9.47 Å². The van der Waals surface area contributed by atoms with E-state index in [0.29, 0.717) is 13.0 Å². The Morgan fingerprint density at radius 2 is 1.60 bits per heavy atom. The Kier molecular flexibility index (Phi) is 9.44. The summed E-state index contributed by atoms with van der Waals surface area (Å²) < 4.78 is 11.1. The fourth-order valence-corrected chi connectivity index (χ4v) is 2.60. The molecule has 0 radical (unpaired) electrons. The predicted octanol–water partition coefficient (Wildman–Crippen LogP) is 3.00. The second-order valence-corrected chi connectivity index (χ2v) is 5.95. The molecule has 4 nitrogen and oxygen atoms in total. The predicted molar refractivity (Wildman–Crippen MR) is 79.5 cm³/mol. The smallest absolute Gasteiger partial charge is 0.186 e. The molecule has 1 aliphatic rings. The SMILES string of the molecule is CCCCCCCCCCOC1OC(C)C[C@@H](O)[C@@H]1O. The molecule has 0 spiro atoms. The lowest BCUT2D eigenvalue weighted by atomic mass is 10.0. The Labute approximate surface area is 123 Å². The summed E-state index contributed by atoms with van der Waals surface area (Å²) in [7, 11) is 0. The quantitative estimate of drug-likeness (QED) is 0.607. The summed E-state index contributed by atoms with van der Waals surface area (Å²) in [5.74, 6) is 0. The lowest BCUT2D eigenvalue weighted by Gasteiger charge is -2.35. The number of aliphatic hydroxyl groups is 2. The van der Waals surface area contributed by atoms with E-state index in [1.54, 1.807) is 0 Å². The van der Waals surface area contributed by atoms with E-state index in [0.717, 1.165) is 12.8 Å². The Balaban J connectivity index is 1.97. The molecule has 1 fully saturated rings. The van der Waals surface area contributed by atoms with Gasteiger partial charge in [0.25, 0.3) is 0 Å². The first-order valence-electron chi connectivity index (χ1n) is 8.28. The molecule has 0 aromatic carbocycles. The van der Waals surface area contributed by atoms with E-state index < -0.39 is 18.5 Å². The monoisotopic (exact) mass is 288 g/mol. The van der Waals surface area contributed by atoms with Gasteiger partial charge in [-0.15, -0.1) is 0 Å². The standard InChI is InChI=1S/C16H32O4/c1-3-4-5-6-7-8-9-10-11-19-16-15(18)14(17)12-13(2)20-16/h13-18H,3-12H2,1-2H3/t13?,14-,15+,16?/m1/s1. The molecule has 2 N–H and O–H groups in total. The zero-order valence-corrected chi connectivity index (χ0v) is 13.1. The highest BCUT2D eigenvalue weighted by Crippen LogP contribution is 2.21. The van der Waals surface area contributed by atoms with Crippen molar-refractivity contribution in [1.29, 1.82) is 0 Å². The van der Waals surface area contributed by atoms with Crippen molar-refractivity contribution < 1.29 is 19.7 Å². The topological polar surface area (TPSA) is 58.9 Å². The Morgan fingerprint density at radius 3 is 2.25 bits per heavy atom. The first kappa shape index (κ1) is 17.9. The summed E-state index contributed by atoms with van der Waals surface area (Å²) in [6, 6.07) is 0. The van der Waals surface area contributed by atoms with Gasteiger partial charge in [-0.3, -0.25) is 0 Å². The molecule has 120 valence electrons. The molecule has 1 heterocycles. The van der Waals surface area contributed by atoms with E-state index in [9.17, 15) is 10.2 Å². The Bertz CT molecular complexity index is 235. The zero-order chi connectivity index (χ0) is 14.8. The third-order valence-corrected chi connectivity index (χ3v) is 3.89. The summed E-state index contributed by atoms with van der Waals surface area (Å²) in [5.41, 5.74) is 0. The summed E-state index contributed by atoms with van der Waals surface area (Å²) in [4.78, 5) is 0. The van der Waals surface area contributed by atoms with Crippen molar-refractivity contribution in [2.45, 2.75) is 96.2 Å². The van der Waals surface area contributed by atoms with Crippen LogP contribution in [0, 0.1) is 0 Å². The lowest BCUT2D eigenvalue weighted by molar-refractivity contribution is -0.263. The number of ether oxygens (including phenoxy) is 2. The summed E-state index contributed by atoms with van der Waals surface area (Å²) in [5, 5.41) is 19.4. The van der Waals surface area contributed by atoms with Crippen LogP contribution in [0.5, 0.6) is 0 Å². The van der Waals surface area contributed by atoms with Gasteiger partial charge in [-0.25, -0.2) is 0 Å². The van der Waals surface area contributed by atoms with Crippen molar-refractivity contribution in [3.63, 3.8) is 0 Å². The van der Waals surface area contributed by atoms with E-state index in [1.165, 1.54) is 38.5 Å². The van der Waals surface area contributed by atoms with Gasteiger partial charge in [0, 0.05) is 13.0 Å². The van der Waals surface area contributed by atoms with Crippen molar-refractivity contribution in [2.75, 3.05) is 6.61 Å². The molecule has 0 saturated carbocycles. The van der Waals surface area contributed by atoms with Gasteiger partial charge < -0.3 is 19.7 Å². The average molecular weight is 288 g/mol. The molecule has 1 saturated heterocycles. The highest BCUT2D eigenvalue weighted by atomic mass is 16.7. The summed E-state index contributed by atoms with van der Waals surface area (Å²) in [6.45, 7) is 4.72. The molecule has 1 rings (SSSR count). The van der Waals surface area contributed by atoms with Crippen LogP contribution in [0.15, 0.2) is 0 Å². The van der Waals surface area contributed by atoms with Crippen molar-refractivity contribution in [3.8, 4) is 0 Å². The minimum Gasteiger partial charge on any atom is -0.390 e. The maximum atomic E-state index is 9.78. The van der Waals surface area contributed by atoms with Gasteiger partial charge in [-0.05, 0) is 13.3 Å². The normalized spacial score (nSPS) is 30.6. The average Bonchev–Trinajstić information content (AvgIpc) is 2.42. The molecular formula is C16H32O4. The Morgan fingerprint density at radius 1 is 1.00 bits per heavy atom. The maximum absolute atomic E-state index is 9.78. The van der Waals surface area contributed by atoms with Gasteiger partial charge in [0.15, 0.2) is 6.29 Å². The van der Waals surface area contributed by atoms with E-state index in [-0.39, 0.29) is 6.10 Å². The number of aliphatic hydroxyl groups excluding tert-OH is 2. The van der Waals surface area contributed by atoms with Crippen LogP contribution in [-0.4, -0.2) is 41.4 Å². The van der Waals surface area contributed by atoms with Gasteiger partial charge >= 0.3 is 0 Å². The molecule has 0 aliphatic carbocycles. The van der Waals surface area contributed by atoms with Crippen molar-refractivity contribution >= 4 is 0 Å². The van der Waals surface area contributed by atoms with Crippen LogP contribution in [-0.2, 0) is 9.47 Å². The van der Waals surface area contributed by atoms with Crippen LogP contribution < -0.4 is 0 Å². The van der Waals surface area contributed by atoms with Gasteiger partial charge in [-0.2, -0.15) is 0 Å². The summed E-state index contributed by atoms with van der Waals surface area (Å²) in [6.07, 6.45) is 8.13. The highest BCUT2D eigenvalue weighted by molar-refractivity contribution is 4.79. The number of unbranched alkanes of at least 4 members (excludes halogenated alkanes) is 7. The first-order chi connectivity index (χ1) is 9.65. The molecule has 2 unspecified atom stereocenters. The van der Waals surface area contributed by atoms with Crippen molar-refractivity contribution in [3.05, 3.63) is 0 Å². The second kappa shape index (κ2) is 10.6. The third kappa shape index (κ3) is 7.02. The first-order valence-corrected chi connectivity index (χ1v) is 8.28. The van der Waals surface area contributed by atoms with Gasteiger partial charge in [0.1, 0.15) is 6.10 Å². The molecule has 0 amide bonds. The number of hydrogen-bond acceptors (Lipinski definition) is 4. The van der Waals surface area contributed by atoms with Crippen LogP contribution in [0.3, 0.4) is 0 Å². The maximum Gasteiger partial charge on any atom is 0.186 e. The highest BCUT2D eigenvalue weighted by Gasteiger charge is 2.35. The van der Waals surface area contributed by atoms with Crippen LogP contribution in [0.2, 0.25) is 0 Å². The van der Waals surface area contributed by atoms with E-state index >= 15 is 0 Å². The molecule has 20 heavy (non-hydrogen) atoms. The van der Waals surface area contributed by atoms with E-state index in [2.05, 4.69) is 6.92 Å². The molecule has 0 aromatic rings. The molecule has 1 aliphatic heterocycles. The molecule has 0 bridgehead atoms. The molecule has 4 atom stereocenters. The van der Waals surface area contributed by atoms with E-state index in [1.807, 2.05) is 6.92 Å². The Hall–Kier alpha value is -0.160. The number of rotatable bonds is 10. The fraction of sp³-hybridized carbons (Fsp3) is 1.00. The van der Waals surface area contributed by atoms with Gasteiger partial charge in [-0.1, -0.05) is 51.9 Å². The van der Waals surface area contributed by atoms with Crippen molar-refractivity contribution in [2.24, 2.45) is 0 Å². The van der Waals surface area contributed by atoms with Crippen LogP contribution in [0.25, 0.3) is 0 Å². The third-order valence-electron chi connectivity index (χ3n) is 3.89. The second-order valence-electron chi connectivity index (χ2n) is 5.95.